The summed E-state index contributed by atoms with van der Waals surface area (Å²) < 4.78 is 5.23. The Morgan fingerprint density at radius 3 is 2.26 bits per heavy atom. The summed E-state index contributed by atoms with van der Waals surface area (Å²) in [5.41, 5.74) is 0.218. The van der Waals surface area contributed by atoms with Crippen molar-refractivity contribution >= 4 is 23.9 Å². The summed E-state index contributed by atoms with van der Waals surface area (Å²) in [6.45, 7) is 5.20. The van der Waals surface area contributed by atoms with E-state index in [1.165, 1.54) is 0 Å². The van der Waals surface area contributed by atoms with Crippen LogP contribution in [-0.4, -0.2) is 40.6 Å². The third-order valence-electron chi connectivity index (χ3n) is 3.66. The second-order valence-corrected chi connectivity index (χ2v) is 7.28. The van der Waals surface area contributed by atoms with Gasteiger partial charge in [0.05, 0.1) is 6.42 Å². The first-order valence-corrected chi connectivity index (χ1v) is 8.74. The van der Waals surface area contributed by atoms with E-state index >= 15 is 0 Å². The molecule has 27 heavy (non-hydrogen) atoms. The highest BCUT2D eigenvalue weighted by Gasteiger charge is 2.33. The van der Waals surface area contributed by atoms with Crippen LogP contribution in [0.2, 0.25) is 0 Å². The number of alkyl carbamates (subject to hydrolysis) is 1. The first-order valence-electron chi connectivity index (χ1n) is 8.74. The van der Waals surface area contributed by atoms with Crippen molar-refractivity contribution in [2.24, 2.45) is 0 Å². The molecule has 0 bridgehead atoms. The molecule has 1 aromatic carbocycles. The minimum Gasteiger partial charge on any atom is -0.444 e. The van der Waals surface area contributed by atoms with Crippen molar-refractivity contribution in [2.45, 2.75) is 58.1 Å². The quantitative estimate of drug-likeness (QED) is 0.763. The van der Waals surface area contributed by atoms with Crippen LogP contribution in [0.5, 0.6) is 0 Å². The first kappa shape index (κ1) is 20.4. The molecule has 1 N–H and O–H groups in total. The van der Waals surface area contributed by atoms with Gasteiger partial charge >= 0.3 is 12.1 Å². The molecule has 0 aliphatic carbocycles. The van der Waals surface area contributed by atoms with Gasteiger partial charge in [0, 0.05) is 18.9 Å². The molecule has 8 heteroatoms. The van der Waals surface area contributed by atoms with Crippen LogP contribution in [0.1, 0.15) is 45.6 Å². The van der Waals surface area contributed by atoms with Gasteiger partial charge in [-0.25, -0.2) is 9.59 Å². The average molecular weight is 376 g/mol. The van der Waals surface area contributed by atoms with Crippen molar-refractivity contribution in [3.63, 3.8) is 0 Å². The number of carbonyl (C=O) groups excluding carboxylic acids is 4. The number of benzene rings is 1. The van der Waals surface area contributed by atoms with E-state index in [-0.39, 0.29) is 19.3 Å². The number of hydroxylamine groups is 2. The monoisotopic (exact) mass is 376 g/mol. The molecule has 1 aromatic rings. The van der Waals surface area contributed by atoms with Crippen LogP contribution < -0.4 is 5.32 Å². The largest absolute Gasteiger partial charge is 0.444 e. The van der Waals surface area contributed by atoms with Gasteiger partial charge < -0.3 is 14.9 Å². The highest BCUT2D eigenvalue weighted by atomic mass is 16.7. The normalized spacial score (nSPS) is 15.4. The van der Waals surface area contributed by atoms with Crippen molar-refractivity contribution in [1.29, 1.82) is 0 Å². The Morgan fingerprint density at radius 1 is 1.11 bits per heavy atom. The minimum atomic E-state index is -0.782. The number of nitrogens with zero attached hydrogens (tertiary/aromatic N) is 1. The summed E-state index contributed by atoms with van der Waals surface area (Å²) in [4.78, 5) is 52.3. The summed E-state index contributed by atoms with van der Waals surface area (Å²) in [5, 5.41) is 3.15. The van der Waals surface area contributed by atoms with Crippen LogP contribution >= 0.6 is 0 Å². The maximum atomic E-state index is 12.2. The van der Waals surface area contributed by atoms with Crippen molar-refractivity contribution in [2.75, 3.05) is 0 Å². The number of hydrogen-bond donors (Lipinski definition) is 1. The van der Waals surface area contributed by atoms with Crippen LogP contribution in [0.4, 0.5) is 4.79 Å². The molecular formula is C19H24N2O6. The Morgan fingerprint density at radius 2 is 1.70 bits per heavy atom. The molecule has 1 saturated heterocycles. The molecule has 2 rings (SSSR count). The van der Waals surface area contributed by atoms with Crippen LogP contribution in [0.15, 0.2) is 30.3 Å². The second kappa shape index (κ2) is 8.66. The van der Waals surface area contributed by atoms with Gasteiger partial charge in [-0.15, -0.1) is 5.06 Å². The molecule has 0 radical (unpaired) electrons. The molecule has 8 nitrogen and oxygen atoms in total. The molecule has 1 aliphatic heterocycles. The lowest BCUT2D eigenvalue weighted by atomic mass is 10.0. The Hall–Kier alpha value is -2.90. The molecule has 0 unspecified atom stereocenters. The molecule has 1 heterocycles. The zero-order valence-electron chi connectivity index (χ0n) is 15.7. The third kappa shape index (κ3) is 6.73. The van der Waals surface area contributed by atoms with Crippen LogP contribution in [0, 0.1) is 0 Å². The van der Waals surface area contributed by atoms with E-state index in [1.807, 2.05) is 30.3 Å². The Balaban J connectivity index is 2.02. The van der Waals surface area contributed by atoms with E-state index in [2.05, 4.69) is 5.32 Å². The Bertz CT molecular complexity index is 695. The summed E-state index contributed by atoms with van der Waals surface area (Å²) in [6.07, 6.45) is -0.474. The van der Waals surface area contributed by atoms with Gasteiger partial charge in [0.1, 0.15) is 5.60 Å². The second-order valence-electron chi connectivity index (χ2n) is 7.28. The van der Waals surface area contributed by atoms with Gasteiger partial charge in [-0.2, -0.15) is 0 Å². The summed E-state index contributed by atoms with van der Waals surface area (Å²) >= 11 is 0. The highest BCUT2D eigenvalue weighted by Crippen LogP contribution is 2.15. The number of carbonyl (C=O) groups is 4. The number of amides is 3. The lowest BCUT2D eigenvalue weighted by molar-refractivity contribution is -0.197. The van der Waals surface area contributed by atoms with E-state index in [0.29, 0.717) is 11.5 Å². The van der Waals surface area contributed by atoms with Gasteiger partial charge in [0.2, 0.25) is 0 Å². The zero-order chi connectivity index (χ0) is 20.0. The van der Waals surface area contributed by atoms with Gasteiger partial charge in [-0.1, -0.05) is 30.3 Å². The number of hydrogen-bond acceptors (Lipinski definition) is 6. The van der Waals surface area contributed by atoms with Crippen molar-refractivity contribution in [1.82, 2.24) is 10.4 Å². The maximum absolute atomic E-state index is 12.2. The van der Waals surface area contributed by atoms with E-state index in [4.69, 9.17) is 9.57 Å². The summed E-state index contributed by atoms with van der Waals surface area (Å²) in [5.74, 6) is -1.88. The molecule has 3 amide bonds. The predicted molar refractivity (Wildman–Crippen MR) is 95.1 cm³/mol. The number of ether oxygens (including phenoxy) is 1. The Labute approximate surface area is 157 Å². The highest BCUT2D eigenvalue weighted by molar-refractivity contribution is 6.01. The van der Waals surface area contributed by atoms with E-state index in [9.17, 15) is 19.2 Å². The van der Waals surface area contributed by atoms with Crippen molar-refractivity contribution < 1.29 is 28.8 Å². The van der Waals surface area contributed by atoms with Gasteiger partial charge in [-0.3, -0.25) is 9.59 Å². The fourth-order valence-electron chi connectivity index (χ4n) is 2.55. The summed E-state index contributed by atoms with van der Waals surface area (Å²) in [6, 6.07) is 8.66. The molecule has 1 fully saturated rings. The van der Waals surface area contributed by atoms with Crippen LogP contribution in [-0.2, 0) is 30.4 Å². The smallest absolute Gasteiger partial charge is 0.407 e. The van der Waals surface area contributed by atoms with Gasteiger partial charge in [0.25, 0.3) is 11.8 Å². The summed E-state index contributed by atoms with van der Waals surface area (Å²) in [7, 11) is 0. The molecule has 146 valence electrons. The molecule has 0 aromatic heterocycles. The topological polar surface area (TPSA) is 102 Å². The fourth-order valence-corrected chi connectivity index (χ4v) is 2.55. The lowest BCUT2D eigenvalue weighted by Gasteiger charge is -2.23. The minimum absolute atomic E-state index is 0.0235. The van der Waals surface area contributed by atoms with Gasteiger partial charge in [0.15, 0.2) is 0 Å². The zero-order valence-corrected chi connectivity index (χ0v) is 15.7. The molecule has 1 aliphatic rings. The first-order chi connectivity index (χ1) is 12.6. The average Bonchev–Trinajstić information content (AvgIpc) is 2.85. The fraction of sp³-hybridized carbons (Fsp3) is 0.474. The number of rotatable bonds is 6. The van der Waals surface area contributed by atoms with Crippen molar-refractivity contribution in [3.05, 3.63) is 35.9 Å². The number of imide groups is 1. The van der Waals surface area contributed by atoms with E-state index in [1.54, 1.807) is 20.8 Å². The number of nitrogens with one attached hydrogen (secondary N) is 1. The van der Waals surface area contributed by atoms with Crippen LogP contribution in [0.3, 0.4) is 0 Å². The van der Waals surface area contributed by atoms with Crippen molar-refractivity contribution in [3.8, 4) is 0 Å². The standard InChI is InChI=1S/C19H24N2O6/c1-19(2,3)26-18(25)20-14(11-13-7-5-4-6-8-13)12-17(24)27-21-15(22)9-10-16(21)23/h4-8,14H,9-12H2,1-3H3,(H,20,25)/t14-/m1/s1. The molecule has 0 spiro atoms. The van der Waals surface area contributed by atoms with E-state index in [0.717, 1.165) is 5.56 Å². The van der Waals surface area contributed by atoms with E-state index < -0.39 is 35.5 Å². The molecule has 1 atom stereocenters. The Kier molecular flexibility index (Phi) is 6.55. The third-order valence-corrected chi connectivity index (χ3v) is 3.66. The van der Waals surface area contributed by atoms with Crippen LogP contribution in [0.25, 0.3) is 0 Å². The predicted octanol–water partition coefficient (Wildman–Crippen LogP) is 2.12. The SMILES string of the molecule is CC(C)(C)OC(=O)N[C@@H](CC(=O)ON1C(=O)CCC1=O)Cc1ccccc1. The maximum Gasteiger partial charge on any atom is 0.407 e. The lowest BCUT2D eigenvalue weighted by Crippen LogP contribution is -2.42. The molecule has 0 saturated carbocycles. The van der Waals surface area contributed by atoms with Gasteiger partial charge in [-0.05, 0) is 32.8 Å². The molecular weight excluding hydrogens is 352 g/mol.